The Hall–Kier alpha value is -2.48. The number of anilines is 1. The van der Waals surface area contributed by atoms with Crippen LogP contribution in [0.1, 0.15) is 29.7 Å². The number of nitrogens with one attached hydrogen (secondary N) is 1. The van der Waals surface area contributed by atoms with Gasteiger partial charge in [-0.25, -0.2) is 0 Å². The molecule has 0 heterocycles. The number of nitriles is 1. The van der Waals surface area contributed by atoms with Gasteiger partial charge in [-0.05, 0) is 48.9 Å². The third kappa shape index (κ3) is 3.76. The SMILES string of the molecule is CC(Nc1ccc(C#N)cc1)c1ccc(C(F)(F)F)cc1. The van der Waals surface area contributed by atoms with Crippen LogP contribution in [0, 0.1) is 11.3 Å². The van der Waals surface area contributed by atoms with E-state index in [9.17, 15) is 13.2 Å². The van der Waals surface area contributed by atoms with E-state index in [0.717, 1.165) is 23.4 Å². The van der Waals surface area contributed by atoms with Crippen molar-refractivity contribution in [2.45, 2.75) is 19.1 Å². The molecule has 5 heteroatoms. The Bertz CT molecular complexity index is 637. The van der Waals surface area contributed by atoms with Gasteiger partial charge in [0.2, 0.25) is 0 Å². The van der Waals surface area contributed by atoms with E-state index in [2.05, 4.69) is 5.32 Å². The summed E-state index contributed by atoms with van der Waals surface area (Å²) in [5.41, 5.74) is 1.47. The molecule has 2 aromatic carbocycles. The summed E-state index contributed by atoms with van der Waals surface area (Å²) in [6, 6.07) is 13.9. The molecule has 0 aromatic heterocycles. The van der Waals surface area contributed by atoms with Crippen LogP contribution >= 0.6 is 0 Å². The molecule has 0 aliphatic carbocycles. The van der Waals surface area contributed by atoms with Crippen molar-refractivity contribution in [1.82, 2.24) is 0 Å². The Morgan fingerprint density at radius 3 is 2.05 bits per heavy atom. The second kappa shape index (κ2) is 5.88. The normalized spacial score (nSPS) is 12.5. The maximum Gasteiger partial charge on any atom is 0.416 e. The number of alkyl halides is 3. The topological polar surface area (TPSA) is 35.8 Å². The molecule has 0 spiro atoms. The van der Waals surface area contributed by atoms with Crippen LogP contribution in [-0.4, -0.2) is 0 Å². The zero-order valence-corrected chi connectivity index (χ0v) is 11.3. The van der Waals surface area contributed by atoms with Gasteiger partial charge < -0.3 is 5.32 Å². The summed E-state index contributed by atoms with van der Waals surface area (Å²) < 4.78 is 37.5. The minimum atomic E-state index is -4.32. The van der Waals surface area contributed by atoms with Crippen molar-refractivity contribution < 1.29 is 13.2 Å². The highest BCUT2D eigenvalue weighted by atomic mass is 19.4. The van der Waals surface area contributed by atoms with Crippen LogP contribution in [0.4, 0.5) is 18.9 Å². The first-order valence-electron chi connectivity index (χ1n) is 6.34. The maximum absolute atomic E-state index is 12.5. The van der Waals surface area contributed by atoms with Crippen LogP contribution < -0.4 is 5.32 Å². The van der Waals surface area contributed by atoms with Crippen molar-refractivity contribution in [1.29, 1.82) is 5.26 Å². The van der Waals surface area contributed by atoms with E-state index in [1.807, 2.05) is 13.0 Å². The molecule has 108 valence electrons. The Balaban J connectivity index is 2.09. The maximum atomic E-state index is 12.5. The second-order valence-corrected chi connectivity index (χ2v) is 4.67. The number of benzene rings is 2. The average Bonchev–Trinajstić information content (AvgIpc) is 2.47. The minimum absolute atomic E-state index is 0.139. The molecular weight excluding hydrogens is 277 g/mol. The van der Waals surface area contributed by atoms with E-state index in [1.165, 1.54) is 12.1 Å². The average molecular weight is 290 g/mol. The van der Waals surface area contributed by atoms with Crippen LogP contribution in [0.15, 0.2) is 48.5 Å². The summed E-state index contributed by atoms with van der Waals surface area (Å²) in [5, 5.41) is 11.9. The molecule has 0 aliphatic heterocycles. The van der Waals surface area contributed by atoms with Crippen molar-refractivity contribution in [3.63, 3.8) is 0 Å². The van der Waals surface area contributed by atoms with E-state index in [0.29, 0.717) is 5.56 Å². The molecule has 0 saturated carbocycles. The molecule has 1 N–H and O–H groups in total. The van der Waals surface area contributed by atoms with Gasteiger partial charge in [0.05, 0.1) is 17.2 Å². The molecule has 1 atom stereocenters. The predicted molar refractivity (Wildman–Crippen MR) is 74.6 cm³/mol. The highest BCUT2D eigenvalue weighted by molar-refractivity contribution is 5.48. The van der Waals surface area contributed by atoms with Crippen LogP contribution in [0.3, 0.4) is 0 Å². The molecule has 2 nitrogen and oxygen atoms in total. The number of hydrogen-bond acceptors (Lipinski definition) is 2. The Kier molecular flexibility index (Phi) is 4.18. The Morgan fingerprint density at radius 2 is 1.57 bits per heavy atom. The minimum Gasteiger partial charge on any atom is -0.379 e. The van der Waals surface area contributed by atoms with Gasteiger partial charge in [-0.3, -0.25) is 0 Å². The van der Waals surface area contributed by atoms with Crippen molar-refractivity contribution in [2.75, 3.05) is 5.32 Å². The van der Waals surface area contributed by atoms with Crippen molar-refractivity contribution >= 4 is 5.69 Å². The van der Waals surface area contributed by atoms with Crippen LogP contribution in [0.25, 0.3) is 0 Å². The monoisotopic (exact) mass is 290 g/mol. The molecular formula is C16H13F3N2. The summed E-state index contributed by atoms with van der Waals surface area (Å²) >= 11 is 0. The highest BCUT2D eigenvalue weighted by Crippen LogP contribution is 2.30. The largest absolute Gasteiger partial charge is 0.416 e. The first-order valence-corrected chi connectivity index (χ1v) is 6.34. The van der Waals surface area contributed by atoms with Gasteiger partial charge in [-0.15, -0.1) is 0 Å². The number of halogens is 3. The lowest BCUT2D eigenvalue weighted by Gasteiger charge is -2.16. The van der Waals surface area contributed by atoms with Gasteiger partial charge in [-0.2, -0.15) is 18.4 Å². The first-order chi connectivity index (χ1) is 9.90. The summed E-state index contributed by atoms with van der Waals surface area (Å²) in [4.78, 5) is 0. The van der Waals surface area contributed by atoms with Gasteiger partial charge in [-0.1, -0.05) is 12.1 Å². The molecule has 0 fully saturated rings. The molecule has 0 amide bonds. The molecule has 1 unspecified atom stereocenters. The predicted octanol–water partition coefficient (Wildman–Crippen LogP) is 4.75. The molecule has 0 radical (unpaired) electrons. The summed E-state index contributed by atoms with van der Waals surface area (Å²) in [6.07, 6.45) is -4.32. The number of nitrogens with zero attached hydrogens (tertiary/aromatic N) is 1. The van der Waals surface area contributed by atoms with Gasteiger partial charge in [0.25, 0.3) is 0 Å². The van der Waals surface area contributed by atoms with E-state index in [1.54, 1.807) is 24.3 Å². The fraction of sp³-hybridized carbons (Fsp3) is 0.188. The number of hydrogen-bond donors (Lipinski definition) is 1. The van der Waals surface area contributed by atoms with Crippen LogP contribution in [0.5, 0.6) is 0 Å². The lowest BCUT2D eigenvalue weighted by Crippen LogP contribution is -2.08. The van der Waals surface area contributed by atoms with Gasteiger partial charge in [0.1, 0.15) is 0 Å². The van der Waals surface area contributed by atoms with E-state index < -0.39 is 11.7 Å². The first kappa shape index (κ1) is 14.9. The molecule has 21 heavy (non-hydrogen) atoms. The van der Waals surface area contributed by atoms with Crippen molar-refractivity contribution in [2.24, 2.45) is 0 Å². The van der Waals surface area contributed by atoms with Crippen molar-refractivity contribution in [3.05, 3.63) is 65.2 Å². The van der Waals surface area contributed by atoms with Gasteiger partial charge in [0, 0.05) is 11.7 Å². The second-order valence-electron chi connectivity index (χ2n) is 4.67. The third-order valence-electron chi connectivity index (χ3n) is 3.14. The van der Waals surface area contributed by atoms with Crippen molar-refractivity contribution in [3.8, 4) is 6.07 Å². The Morgan fingerprint density at radius 1 is 1.00 bits per heavy atom. The standard InChI is InChI=1S/C16H13F3N2/c1-11(21-15-8-2-12(10-20)3-9-15)13-4-6-14(7-5-13)16(17,18)19/h2-9,11,21H,1H3. The lowest BCUT2D eigenvalue weighted by molar-refractivity contribution is -0.137. The molecule has 2 rings (SSSR count). The highest BCUT2D eigenvalue weighted by Gasteiger charge is 2.30. The molecule has 0 saturated heterocycles. The smallest absolute Gasteiger partial charge is 0.379 e. The third-order valence-corrected chi connectivity index (χ3v) is 3.14. The molecule has 0 aliphatic rings. The summed E-state index contributed by atoms with van der Waals surface area (Å²) in [7, 11) is 0. The Labute approximate surface area is 120 Å². The number of rotatable bonds is 3. The van der Waals surface area contributed by atoms with Gasteiger partial charge >= 0.3 is 6.18 Å². The van der Waals surface area contributed by atoms with Crippen LogP contribution in [-0.2, 0) is 6.18 Å². The fourth-order valence-corrected chi connectivity index (χ4v) is 1.94. The fourth-order valence-electron chi connectivity index (χ4n) is 1.94. The quantitative estimate of drug-likeness (QED) is 0.885. The zero-order chi connectivity index (χ0) is 15.5. The molecule has 0 bridgehead atoms. The summed E-state index contributed by atoms with van der Waals surface area (Å²) in [5.74, 6) is 0. The zero-order valence-electron chi connectivity index (χ0n) is 11.3. The lowest BCUT2D eigenvalue weighted by atomic mass is 10.1. The van der Waals surface area contributed by atoms with E-state index >= 15 is 0 Å². The summed E-state index contributed by atoms with van der Waals surface area (Å²) in [6.45, 7) is 1.86. The van der Waals surface area contributed by atoms with E-state index in [-0.39, 0.29) is 6.04 Å². The molecule has 2 aromatic rings. The van der Waals surface area contributed by atoms with Gasteiger partial charge in [0.15, 0.2) is 0 Å². The van der Waals surface area contributed by atoms with Crippen LogP contribution in [0.2, 0.25) is 0 Å². The van der Waals surface area contributed by atoms with E-state index in [4.69, 9.17) is 5.26 Å².